The van der Waals surface area contributed by atoms with E-state index in [0.717, 1.165) is 0 Å². The molecule has 0 heterocycles. The standard InChI is InChI=1S/C12H18ClN3O3/c13-9-2-1-3-11(6-9)19-8-10(17)7-15-4-5-16-12(14)18/h1-3,6,10,15,17H,4-5,7-8H2,(H3,14,16,18). The van der Waals surface area contributed by atoms with Crippen LogP contribution in [-0.4, -0.2) is 43.5 Å². The van der Waals surface area contributed by atoms with Gasteiger partial charge in [-0.25, -0.2) is 4.79 Å². The third-order valence-corrected chi connectivity index (χ3v) is 2.45. The Balaban J connectivity index is 2.11. The number of halogens is 1. The lowest BCUT2D eigenvalue weighted by Gasteiger charge is -2.13. The number of hydrogen-bond acceptors (Lipinski definition) is 4. The van der Waals surface area contributed by atoms with Crippen molar-refractivity contribution >= 4 is 17.6 Å². The highest BCUT2D eigenvalue weighted by molar-refractivity contribution is 6.30. The summed E-state index contributed by atoms with van der Waals surface area (Å²) >= 11 is 5.80. The van der Waals surface area contributed by atoms with Crippen LogP contribution in [0.15, 0.2) is 24.3 Å². The Bertz CT molecular complexity index is 404. The average Bonchev–Trinajstić information content (AvgIpc) is 2.35. The first-order valence-corrected chi connectivity index (χ1v) is 6.26. The van der Waals surface area contributed by atoms with Crippen LogP contribution in [0.4, 0.5) is 4.79 Å². The third-order valence-electron chi connectivity index (χ3n) is 2.22. The molecule has 5 N–H and O–H groups in total. The highest BCUT2D eigenvalue weighted by Crippen LogP contribution is 2.16. The minimum atomic E-state index is -0.646. The lowest BCUT2D eigenvalue weighted by molar-refractivity contribution is 0.106. The molecule has 0 saturated carbocycles. The number of aliphatic hydroxyl groups excluding tert-OH is 1. The van der Waals surface area contributed by atoms with Gasteiger partial charge in [0.05, 0.1) is 0 Å². The molecule has 1 unspecified atom stereocenters. The molecule has 1 aromatic carbocycles. The number of carbonyl (C=O) groups is 1. The molecule has 1 atom stereocenters. The van der Waals surface area contributed by atoms with E-state index in [9.17, 15) is 9.90 Å². The summed E-state index contributed by atoms with van der Waals surface area (Å²) in [5.74, 6) is 0.613. The molecule has 0 aliphatic heterocycles. The van der Waals surface area contributed by atoms with Gasteiger partial charge < -0.3 is 26.2 Å². The van der Waals surface area contributed by atoms with E-state index >= 15 is 0 Å². The van der Waals surface area contributed by atoms with Gasteiger partial charge >= 0.3 is 6.03 Å². The molecule has 1 rings (SSSR count). The van der Waals surface area contributed by atoms with Crippen molar-refractivity contribution < 1.29 is 14.6 Å². The van der Waals surface area contributed by atoms with E-state index in [1.54, 1.807) is 24.3 Å². The number of nitrogens with two attached hydrogens (primary N) is 1. The first-order chi connectivity index (χ1) is 9.08. The highest BCUT2D eigenvalue weighted by atomic mass is 35.5. The molecular formula is C12H18ClN3O3. The quantitative estimate of drug-likeness (QED) is 0.518. The molecule has 6 nitrogen and oxygen atoms in total. The van der Waals surface area contributed by atoms with Crippen molar-refractivity contribution in [1.29, 1.82) is 0 Å². The fourth-order valence-electron chi connectivity index (χ4n) is 1.35. The van der Waals surface area contributed by atoms with Crippen LogP contribution in [-0.2, 0) is 0 Å². The van der Waals surface area contributed by atoms with Gasteiger partial charge in [0.1, 0.15) is 18.5 Å². The van der Waals surface area contributed by atoms with Gasteiger partial charge in [0.25, 0.3) is 0 Å². The lowest BCUT2D eigenvalue weighted by atomic mass is 10.3. The number of nitrogens with one attached hydrogen (secondary N) is 2. The second-order valence-electron chi connectivity index (χ2n) is 3.92. The zero-order valence-corrected chi connectivity index (χ0v) is 11.2. The molecule has 106 valence electrons. The minimum absolute atomic E-state index is 0.163. The Morgan fingerprint density at radius 1 is 1.47 bits per heavy atom. The lowest BCUT2D eigenvalue weighted by Crippen LogP contribution is -2.38. The van der Waals surface area contributed by atoms with E-state index in [-0.39, 0.29) is 6.61 Å². The summed E-state index contributed by atoms with van der Waals surface area (Å²) in [5, 5.41) is 15.6. The fourth-order valence-corrected chi connectivity index (χ4v) is 1.53. The number of ether oxygens (including phenoxy) is 1. The van der Waals surface area contributed by atoms with Crippen LogP contribution in [0.25, 0.3) is 0 Å². The molecule has 0 bridgehead atoms. The Morgan fingerprint density at radius 3 is 2.95 bits per heavy atom. The molecule has 0 aliphatic rings. The number of primary amides is 1. The van der Waals surface area contributed by atoms with Crippen LogP contribution in [0.3, 0.4) is 0 Å². The molecular weight excluding hydrogens is 270 g/mol. The summed E-state index contributed by atoms with van der Waals surface area (Å²) in [5.41, 5.74) is 4.90. The number of hydrogen-bond donors (Lipinski definition) is 4. The predicted molar refractivity (Wildman–Crippen MR) is 73.4 cm³/mol. The number of benzene rings is 1. The maximum Gasteiger partial charge on any atom is 0.312 e. The second kappa shape index (κ2) is 8.58. The molecule has 1 aromatic rings. The van der Waals surface area contributed by atoms with E-state index in [0.29, 0.717) is 30.4 Å². The maximum atomic E-state index is 10.4. The molecule has 0 aliphatic carbocycles. The molecule has 2 amide bonds. The Hall–Kier alpha value is -1.50. The molecule has 0 radical (unpaired) electrons. The second-order valence-corrected chi connectivity index (χ2v) is 4.35. The monoisotopic (exact) mass is 287 g/mol. The van der Waals surface area contributed by atoms with Crippen LogP contribution in [0.5, 0.6) is 5.75 Å². The van der Waals surface area contributed by atoms with Crippen LogP contribution in [0.1, 0.15) is 0 Å². The van der Waals surface area contributed by atoms with Gasteiger partial charge in [0.15, 0.2) is 0 Å². The van der Waals surface area contributed by atoms with Crippen molar-refractivity contribution in [1.82, 2.24) is 10.6 Å². The van der Waals surface area contributed by atoms with E-state index in [1.165, 1.54) is 0 Å². The topological polar surface area (TPSA) is 96.6 Å². The number of rotatable bonds is 8. The van der Waals surface area contributed by atoms with Crippen molar-refractivity contribution in [3.63, 3.8) is 0 Å². The average molecular weight is 288 g/mol. The fraction of sp³-hybridized carbons (Fsp3) is 0.417. The van der Waals surface area contributed by atoms with E-state index < -0.39 is 12.1 Å². The van der Waals surface area contributed by atoms with Gasteiger partial charge in [-0.1, -0.05) is 17.7 Å². The van der Waals surface area contributed by atoms with Gasteiger partial charge in [-0.15, -0.1) is 0 Å². The van der Waals surface area contributed by atoms with Gasteiger partial charge in [0.2, 0.25) is 0 Å². The predicted octanol–water partition coefficient (Wildman–Crippen LogP) is 0.338. The van der Waals surface area contributed by atoms with Crippen LogP contribution in [0.2, 0.25) is 5.02 Å². The molecule has 0 saturated heterocycles. The molecule has 0 aromatic heterocycles. The summed E-state index contributed by atoms with van der Waals surface area (Å²) in [6.45, 7) is 1.46. The van der Waals surface area contributed by atoms with Crippen molar-refractivity contribution in [3.8, 4) is 5.75 Å². The Kier molecular flexibility index (Phi) is 7.02. The largest absolute Gasteiger partial charge is 0.491 e. The smallest absolute Gasteiger partial charge is 0.312 e. The summed E-state index contributed by atoms with van der Waals surface area (Å²) < 4.78 is 5.38. The van der Waals surface area contributed by atoms with E-state index in [2.05, 4.69) is 10.6 Å². The van der Waals surface area contributed by atoms with Gasteiger partial charge in [0, 0.05) is 24.7 Å². The molecule has 0 spiro atoms. The third kappa shape index (κ3) is 7.50. The summed E-state index contributed by atoms with van der Waals surface area (Å²) in [6.07, 6.45) is -0.646. The van der Waals surface area contributed by atoms with Crippen molar-refractivity contribution in [3.05, 3.63) is 29.3 Å². The summed E-state index contributed by atoms with van der Waals surface area (Å²) in [4.78, 5) is 10.4. The minimum Gasteiger partial charge on any atom is -0.491 e. The number of carbonyl (C=O) groups excluding carboxylic acids is 1. The highest BCUT2D eigenvalue weighted by Gasteiger charge is 2.05. The molecule has 0 fully saturated rings. The van der Waals surface area contributed by atoms with Gasteiger partial charge in [-0.3, -0.25) is 0 Å². The Labute approximate surface area is 116 Å². The molecule has 19 heavy (non-hydrogen) atoms. The number of aliphatic hydroxyl groups is 1. The van der Waals surface area contributed by atoms with Crippen LogP contribution < -0.4 is 21.1 Å². The van der Waals surface area contributed by atoms with Gasteiger partial charge in [-0.05, 0) is 18.2 Å². The summed E-state index contributed by atoms with van der Waals surface area (Å²) in [7, 11) is 0. The van der Waals surface area contributed by atoms with Crippen molar-refractivity contribution in [2.75, 3.05) is 26.2 Å². The first-order valence-electron chi connectivity index (χ1n) is 5.88. The normalized spacial score (nSPS) is 11.9. The number of urea groups is 1. The van der Waals surface area contributed by atoms with Crippen molar-refractivity contribution in [2.45, 2.75) is 6.10 Å². The summed E-state index contributed by atoms with van der Waals surface area (Å²) in [6, 6.07) is 6.41. The van der Waals surface area contributed by atoms with Crippen molar-refractivity contribution in [2.24, 2.45) is 5.73 Å². The molecule has 7 heteroatoms. The maximum absolute atomic E-state index is 10.4. The van der Waals surface area contributed by atoms with Crippen LogP contribution in [0, 0.1) is 0 Å². The zero-order chi connectivity index (χ0) is 14.1. The van der Waals surface area contributed by atoms with E-state index in [4.69, 9.17) is 22.1 Å². The first kappa shape index (κ1) is 15.6. The SMILES string of the molecule is NC(=O)NCCNCC(O)COc1cccc(Cl)c1. The van der Waals surface area contributed by atoms with Crippen LogP contribution >= 0.6 is 11.6 Å². The zero-order valence-electron chi connectivity index (χ0n) is 10.4. The van der Waals surface area contributed by atoms with Gasteiger partial charge in [-0.2, -0.15) is 0 Å². The Morgan fingerprint density at radius 2 is 2.26 bits per heavy atom. The van der Waals surface area contributed by atoms with E-state index in [1.807, 2.05) is 0 Å². The number of amides is 2.